The molecule has 0 unspecified atom stereocenters. The first-order chi connectivity index (χ1) is 8.90. The molecule has 0 aliphatic rings. The monoisotopic (exact) mass is 300 g/mol. The van der Waals surface area contributed by atoms with Crippen molar-refractivity contribution < 1.29 is 4.79 Å². The molecule has 0 radical (unpaired) electrons. The Hall–Kier alpha value is -1.27. The van der Waals surface area contributed by atoms with Gasteiger partial charge in [-0.05, 0) is 12.8 Å². The quantitative estimate of drug-likeness (QED) is 0.364. The van der Waals surface area contributed by atoms with Gasteiger partial charge in [-0.25, -0.2) is 9.97 Å². The average Bonchev–Trinajstić information content (AvgIpc) is 2.33. The van der Waals surface area contributed by atoms with E-state index < -0.39 is 5.91 Å². The maximum Gasteiger partial charge on any atom is 0.241 e. The van der Waals surface area contributed by atoms with Crippen molar-refractivity contribution in [3.63, 3.8) is 0 Å². The van der Waals surface area contributed by atoms with Crippen LogP contribution in [0.2, 0.25) is 5.15 Å². The fourth-order valence-electron chi connectivity index (χ4n) is 1.54. The van der Waals surface area contributed by atoms with Gasteiger partial charge in [-0.2, -0.15) is 0 Å². The van der Waals surface area contributed by atoms with Crippen LogP contribution in [-0.4, -0.2) is 20.6 Å². The predicted octanol–water partition coefficient (Wildman–Crippen LogP) is 2.40. The van der Waals surface area contributed by atoms with Gasteiger partial charge in [0.15, 0.2) is 5.16 Å². The van der Waals surface area contributed by atoms with Crippen molar-refractivity contribution in [2.24, 2.45) is 5.73 Å². The lowest BCUT2D eigenvalue weighted by Gasteiger charge is -2.26. The summed E-state index contributed by atoms with van der Waals surface area (Å²) in [5.41, 5.74) is 10.8. The van der Waals surface area contributed by atoms with E-state index in [1.165, 1.54) is 23.9 Å². The second-order valence-corrected chi connectivity index (χ2v) is 5.78. The molecule has 0 aliphatic carbocycles. The third kappa shape index (κ3) is 4.72. The first-order valence-electron chi connectivity index (χ1n) is 5.88. The number of nitrogens with zero attached hydrogens (tertiary/aromatic N) is 2. The number of nitrogen functional groups attached to an aromatic ring is 1. The van der Waals surface area contributed by atoms with Crippen LogP contribution in [-0.2, 0) is 4.79 Å². The van der Waals surface area contributed by atoms with Crippen LogP contribution in [0.3, 0.4) is 0 Å². The number of aromatic nitrogens is 2. The highest BCUT2D eigenvalue weighted by Crippen LogP contribution is 2.38. The number of amides is 1. The Balaban J connectivity index is 3.03. The third-order valence-corrected chi connectivity index (χ3v) is 4.42. The molecule has 0 spiro atoms. The Morgan fingerprint density at radius 2 is 2.11 bits per heavy atom. The minimum absolute atomic E-state index is 0.299. The summed E-state index contributed by atoms with van der Waals surface area (Å²) in [6.45, 7) is 4.05. The van der Waals surface area contributed by atoms with Crippen molar-refractivity contribution in [2.75, 3.05) is 5.73 Å². The van der Waals surface area contributed by atoms with Crippen molar-refractivity contribution in [3.05, 3.63) is 23.4 Å². The lowest BCUT2D eigenvalue weighted by molar-refractivity contribution is -0.113. The number of thioether (sulfide) groups is 1. The highest BCUT2D eigenvalue weighted by molar-refractivity contribution is 8.00. The average molecular weight is 301 g/mol. The van der Waals surface area contributed by atoms with Gasteiger partial charge in [0.1, 0.15) is 11.0 Å². The largest absolute Gasteiger partial charge is 0.384 e. The predicted molar refractivity (Wildman–Crippen MR) is 79.0 cm³/mol. The number of rotatable bonds is 6. The fraction of sp³-hybridized carbons (Fsp3) is 0.417. The Labute approximate surface area is 121 Å². The third-order valence-electron chi connectivity index (χ3n) is 2.74. The molecule has 4 N–H and O–H groups in total. The molecule has 0 fully saturated rings. The van der Waals surface area contributed by atoms with Crippen molar-refractivity contribution in [1.82, 2.24) is 9.97 Å². The van der Waals surface area contributed by atoms with Crippen LogP contribution in [0.15, 0.2) is 23.4 Å². The second-order valence-electron chi connectivity index (χ2n) is 4.01. The van der Waals surface area contributed by atoms with Crippen LogP contribution in [0.1, 0.15) is 26.7 Å². The van der Waals surface area contributed by atoms with Crippen LogP contribution in [0, 0.1) is 0 Å². The molecule has 0 saturated heterocycles. The van der Waals surface area contributed by atoms with Gasteiger partial charge < -0.3 is 11.5 Å². The molecule has 7 heteroatoms. The molecule has 0 aliphatic heterocycles. The summed E-state index contributed by atoms with van der Waals surface area (Å²) in [5, 5.41) is 0.790. The van der Waals surface area contributed by atoms with Gasteiger partial charge in [0, 0.05) is 16.9 Å². The van der Waals surface area contributed by atoms with Gasteiger partial charge >= 0.3 is 0 Å². The topological polar surface area (TPSA) is 94.9 Å². The number of carbonyl (C=O) groups excluding carboxylic acids is 1. The molecule has 1 aromatic heterocycles. The van der Waals surface area contributed by atoms with E-state index in [9.17, 15) is 4.79 Å². The van der Waals surface area contributed by atoms with Gasteiger partial charge in [-0.1, -0.05) is 43.3 Å². The maximum absolute atomic E-state index is 10.9. The number of hydrogen-bond acceptors (Lipinski definition) is 5. The first kappa shape index (κ1) is 15.8. The lowest BCUT2D eigenvalue weighted by Crippen LogP contribution is -2.21. The Bertz CT molecular complexity index is 468. The molecule has 0 bridgehead atoms. The molecule has 1 amide bonds. The van der Waals surface area contributed by atoms with Crippen LogP contribution in [0.5, 0.6) is 0 Å². The highest BCUT2D eigenvalue weighted by Gasteiger charge is 2.26. The van der Waals surface area contributed by atoms with Crippen molar-refractivity contribution >= 4 is 35.1 Å². The minimum atomic E-state index is -0.474. The van der Waals surface area contributed by atoms with Crippen LogP contribution >= 0.6 is 23.4 Å². The van der Waals surface area contributed by atoms with Gasteiger partial charge in [0.2, 0.25) is 5.91 Å². The number of nitrogens with two attached hydrogens (primary N) is 2. The van der Waals surface area contributed by atoms with E-state index in [1.807, 2.05) is 13.8 Å². The summed E-state index contributed by atoms with van der Waals surface area (Å²) >= 11 is 7.28. The Morgan fingerprint density at radius 3 is 2.58 bits per heavy atom. The molecule has 1 heterocycles. The fourth-order valence-corrected chi connectivity index (χ4v) is 2.86. The molecule has 1 rings (SSSR count). The van der Waals surface area contributed by atoms with E-state index in [0.29, 0.717) is 16.1 Å². The van der Waals surface area contributed by atoms with Crippen molar-refractivity contribution in [1.29, 1.82) is 0 Å². The van der Waals surface area contributed by atoms with Crippen molar-refractivity contribution in [2.45, 2.75) is 36.6 Å². The van der Waals surface area contributed by atoms with E-state index in [-0.39, 0.29) is 4.75 Å². The second kappa shape index (κ2) is 6.77. The van der Waals surface area contributed by atoms with E-state index in [4.69, 9.17) is 23.1 Å². The minimum Gasteiger partial charge on any atom is -0.384 e. The number of primary amides is 1. The molecule has 0 aromatic carbocycles. The summed E-state index contributed by atoms with van der Waals surface area (Å²) < 4.78 is -0.299. The standard InChI is InChI=1S/C12H17ClN4OS/c1-3-12(4-2,6-5-10(15)18)19-11-16-8(13)7-9(14)17-11/h5-7H,3-4H2,1-2H3,(H2,15,18)(H2,14,16,17). The SMILES string of the molecule is CCC(C=CC(N)=O)(CC)Sc1nc(N)cc(Cl)n1. The van der Waals surface area contributed by atoms with Crippen LogP contribution in [0.25, 0.3) is 0 Å². The van der Waals surface area contributed by atoms with Crippen LogP contribution < -0.4 is 11.5 Å². The highest BCUT2D eigenvalue weighted by atomic mass is 35.5. The summed E-state index contributed by atoms with van der Waals surface area (Å²) in [6.07, 6.45) is 4.76. The van der Waals surface area contributed by atoms with E-state index >= 15 is 0 Å². The Morgan fingerprint density at radius 1 is 1.47 bits per heavy atom. The van der Waals surface area contributed by atoms with Gasteiger partial charge in [-0.15, -0.1) is 0 Å². The molecule has 5 nitrogen and oxygen atoms in total. The number of halogens is 1. The summed E-state index contributed by atoms with van der Waals surface area (Å²) in [6, 6.07) is 1.49. The number of carbonyl (C=O) groups is 1. The zero-order chi connectivity index (χ0) is 14.5. The van der Waals surface area contributed by atoms with E-state index in [0.717, 1.165) is 12.8 Å². The summed E-state index contributed by atoms with van der Waals surface area (Å²) in [4.78, 5) is 19.2. The van der Waals surface area contributed by atoms with E-state index in [2.05, 4.69) is 9.97 Å². The molecule has 19 heavy (non-hydrogen) atoms. The lowest BCUT2D eigenvalue weighted by atomic mass is 10.0. The normalized spacial score (nSPS) is 11.9. The number of hydrogen-bond donors (Lipinski definition) is 2. The number of anilines is 1. The zero-order valence-electron chi connectivity index (χ0n) is 10.9. The van der Waals surface area contributed by atoms with Crippen molar-refractivity contribution in [3.8, 4) is 0 Å². The molecule has 104 valence electrons. The molecule has 0 saturated carbocycles. The Kier molecular flexibility index (Phi) is 5.62. The maximum atomic E-state index is 10.9. The smallest absolute Gasteiger partial charge is 0.241 e. The summed E-state index contributed by atoms with van der Waals surface area (Å²) in [5.74, 6) is -0.152. The van der Waals surface area contributed by atoms with Gasteiger partial charge in [-0.3, -0.25) is 4.79 Å². The summed E-state index contributed by atoms with van der Waals surface area (Å²) in [7, 11) is 0. The molecular weight excluding hydrogens is 284 g/mol. The van der Waals surface area contributed by atoms with Gasteiger partial charge in [0.25, 0.3) is 0 Å². The molecular formula is C12H17ClN4OS. The molecule has 0 atom stereocenters. The van der Waals surface area contributed by atoms with Crippen LogP contribution in [0.4, 0.5) is 5.82 Å². The molecule has 1 aromatic rings. The van der Waals surface area contributed by atoms with Gasteiger partial charge in [0.05, 0.1) is 0 Å². The first-order valence-corrected chi connectivity index (χ1v) is 7.08. The zero-order valence-corrected chi connectivity index (χ0v) is 12.5. The van der Waals surface area contributed by atoms with E-state index in [1.54, 1.807) is 6.08 Å².